The van der Waals surface area contributed by atoms with E-state index in [4.69, 9.17) is 0 Å². The fraction of sp³-hybridized carbons (Fsp3) is 0.625. The Morgan fingerprint density at radius 1 is 1.21 bits per heavy atom. The van der Waals surface area contributed by atoms with E-state index in [0.29, 0.717) is 6.42 Å². The van der Waals surface area contributed by atoms with Crippen molar-refractivity contribution in [2.45, 2.75) is 32.6 Å². The first-order chi connectivity index (χ1) is 9.13. The van der Waals surface area contributed by atoms with Gasteiger partial charge in [-0.15, -0.1) is 0 Å². The topological polar surface area (TPSA) is 12.0 Å². The summed E-state index contributed by atoms with van der Waals surface area (Å²) in [5, 5.41) is 3.39. The maximum absolute atomic E-state index is 13.8. The molecule has 3 rings (SSSR count). The number of hydrogen-bond donors (Lipinski definition) is 1. The molecule has 0 radical (unpaired) electrons. The van der Waals surface area contributed by atoms with Crippen LogP contribution in [0.2, 0.25) is 0 Å². The fourth-order valence-corrected chi connectivity index (χ4v) is 3.82. The standard InChI is InChI=1S/C16H21F2N/c1-2-19-10-16(7-11-6-12(11)8-16)9-13-14(17)4-3-5-15(13)18/h3-5,11-12,19H,2,6-10H2,1H3. The van der Waals surface area contributed by atoms with Crippen LogP contribution in [0.3, 0.4) is 0 Å². The van der Waals surface area contributed by atoms with Crippen molar-refractivity contribution in [1.29, 1.82) is 0 Å². The van der Waals surface area contributed by atoms with Crippen LogP contribution in [0.4, 0.5) is 8.78 Å². The molecule has 0 spiro atoms. The molecule has 2 saturated carbocycles. The lowest BCUT2D eigenvalue weighted by atomic mass is 9.77. The van der Waals surface area contributed by atoms with Crippen molar-refractivity contribution in [2.24, 2.45) is 17.3 Å². The molecule has 0 heterocycles. The Morgan fingerprint density at radius 2 is 1.84 bits per heavy atom. The molecule has 0 saturated heterocycles. The Labute approximate surface area is 113 Å². The highest BCUT2D eigenvalue weighted by atomic mass is 19.1. The molecule has 0 bridgehead atoms. The van der Waals surface area contributed by atoms with Gasteiger partial charge >= 0.3 is 0 Å². The monoisotopic (exact) mass is 265 g/mol. The van der Waals surface area contributed by atoms with E-state index in [2.05, 4.69) is 12.2 Å². The van der Waals surface area contributed by atoms with Crippen LogP contribution in [-0.4, -0.2) is 13.1 Å². The van der Waals surface area contributed by atoms with Crippen molar-refractivity contribution in [2.75, 3.05) is 13.1 Å². The lowest BCUT2D eigenvalue weighted by Crippen LogP contribution is -2.35. The van der Waals surface area contributed by atoms with Crippen molar-refractivity contribution < 1.29 is 8.78 Å². The first-order valence-electron chi connectivity index (χ1n) is 7.27. The van der Waals surface area contributed by atoms with Crippen LogP contribution in [-0.2, 0) is 6.42 Å². The number of hydrogen-bond acceptors (Lipinski definition) is 1. The summed E-state index contributed by atoms with van der Waals surface area (Å²) < 4.78 is 27.7. The van der Waals surface area contributed by atoms with Gasteiger partial charge in [0, 0.05) is 12.1 Å². The van der Waals surface area contributed by atoms with Crippen molar-refractivity contribution in [1.82, 2.24) is 5.32 Å². The van der Waals surface area contributed by atoms with Crippen molar-refractivity contribution in [3.63, 3.8) is 0 Å². The second-order valence-corrected chi connectivity index (χ2v) is 6.32. The highest BCUT2D eigenvalue weighted by molar-refractivity contribution is 5.23. The minimum atomic E-state index is -0.392. The normalized spacial score (nSPS) is 32.4. The van der Waals surface area contributed by atoms with E-state index in [9.17, 15) is 8.78 Å². The summed E-state index contributed by atoms with van der Waals surface area (Å²) in [5.74, 6) is 0.842. The Hall–Kier alpha value is -0.960. The molecule has 1 aromatic carbocycles. The molecule has 104 valence electrons. The number of rotatable bonds is 5. The SMILES string of the molecule is CCNCC1(Cc2c(F)cccc2F)CC2CC2C1. The second kappa shape index (κ2) is 4.86. The van der Waals surface area contributed by atoms with E-state index < -0.39 is 11.6 Å². The number of fused-ring (bicyclic) bond motifs is 1. The smallest absolute Gasteiger partial charge is 0.129 e. The van der Waals surface area contributed by atoms with Crippen LogP contribution in [0, 0.1) is 28.9 Å². The third-order valence-corrected chi connectivity index (χ3v) is 4.82. The summed E-state index contributed by atoms with van der Waals surface area (Å²) in [4.78, 5) is 0. The average Bonchev–Trinajstić information content (AvgIpc) is 3.00. The first kappa shape index (κ1) is 13.0. The lowest BCUT2D eigenvalue weighted by molar-refractivity contribution is 0.244. The van der Waals surface area contributed by atoms with Crippen molar-refractivity contribution >= 4 is 0 Å². The molecule has 2 aliphatic rings. The summed E-state index contributed by atoms with van der Waals surface area (Å²) in [5.41, 5.74) is 0.341. The van der Waals surface area contributed by atoms with Gasteiger partial charge in [-0.05, 0) is 61.6 Å². The zero-order valence-electron chi connectivity index (χ0n) is 11.4. The predicted molar refractivity (Wildman–Crippen MR) is 71.9 cm³/mol. The van der Waals surface area contributed by atoms with E-state index in [1.165, 1.54) is 24.6 Å². The molecular weight excluding hydrogens is 244 g/mol. The first-order valence-corrected chi connectivity index (χ1v) is 7.27. The van der Waals surface area contributed by atoms with E-state index in [-0.39, 0.29) is 11.0 Å². The molecule has 1 nitrogen and oxygen atoms in total. The summed E-state index contributed by atoms with van der Waals surface area (Å²) >= 11 is 0. The third kappa shape index (κ3) is 2.53. The predicted octanol–water partition coefficient (Wildman–Crippen LogP) is 3.53. The molecule has 3 heteroatoms. The van der Waals surface area contributed by atoms with Crippen molar-refractivity contribution in [3.8, 4) is 0 Å². The van der Waals surface area contributed by atoms with Gasteiger partial charge in [-0.3, -0.25) is 0 Å². The Morgan fingerprint density at radius 3 is 2.42 bits per heavy atom. The number of benzene rings is 1. The van der Waals surface area contributed by atoms with Gasteiger partial charge < -0.3 is 5.32 Å². The van der Waals surface area contributed by atoms with Gasteiger partial charge in [0.2, 0.25) is 0 Å². The zero-order valence-corrected chi connectivity index (χ0v) is 11.4. The fourth-order valence-electron chi connectivity index (χ4n) is 3.82. The third-order valence-electron chi connectivity index (χ3n) is 4.82. The Balaban J connectivity index is 1.81. The van der Waals surface area contributed by atoms with Crippen LogP contribution in [0.25, 0.3) is 0 Å². The molecule has 0 aromatic heterocycles. The number of halogens is 2. The van der Waals surface area contributed by atoms with Crippen LogP contribution in [0.5, 0.6) is 0 Å². The summed E-state index contributed by atoms with van der Waals surface area (Å²) in [6, 6.07) is 4.18. The van der Waals surface area contributed by atoms with Gasteiger partial charge in [0.15, 0.2) is 0 Å². The van der Waals surface area contributed by atoms with E-state index in [1.807, 2.05) is 0 Å². The van der Waals surface area contributed by atoms with Gasteiger partial charge in [0.25, 0.3) is 0 Å². The summed E-state index contributed by atoms with van der Waals surface area (Å²) in [7, 11) is 0. The van der Waals surface area contributed by atoms with Crippen LogP contribution >= 0.6 is 0 Å². The van der Waals surface area contributed by atoms with E-state index >= 15 is 0 Å². The minimum absolute atomic E-state index is 0.0621. The van der Waals surface area contributed by atoms with E-state index in [1.54, 1.807) is 0 Å². The molecule has 1 N–H and O–H groups in total. The highest BCUT2D eigenvalue weighted by Crippen LogP contribution is 2.60. The van der Waals surface area contributed by atoms with Gasteiger partial charge in [-0.2, -0.15) is 0 Å². The van der Waals surface area contributed by atoms with Crippen LogP contribution < -0.4 is 5.32 Å². The maximum Gasteiger partial charge on any atom is 0.129 e. The van der Waals surface area contributed by atoms with Crippen LogP contribution in [0.15, 0.2) is 18.2 Å². The van der Waals surface area contributed by atoms with Gasteiger partial charge in [-0.25, -0.2) is 8.78 Å². The van der Waals surface area contributed by atoms with Gasteiger partial charge in [-0.1, -0.05) is 13.0 Å². The lowest BCUT2D eigenvalue weighted by Gasteiger charge is -2.31. The molecule has 2 unspecified atom stereocenters. The zero-order chi connectivity index (χ0) is 13.5. The van der Waals surface area contributed by atoms with E-state index in [0.717, 1.165) is 37.8 Å². The van der Waals surface area contributed by atoms with Gasteiger partial charge in [0.05, 0.1) is 0 Å². The summed E-state index contributed by atoms with van der Waals surface area (Å²) in [6.07, 6.45) is 4.11. The van der Waals surface area contributed by atoms with Gasteiger partial charge in [0.1, 0.15) is 11.6 Å². The number of nitrogens with one attached hydrogen (secondary N) is 1. The highest BCUT2D eigenvalue weighted by Gasteiger charge is 2.53. The molecular formula is C16H21F2N. The Kier molecular flexibility index (Phi) is 3.34. The molecule has 19 heavy (non-hydrogen) atoms. The molecule has 0 aliphatic heterocycles. The maximum atomic E-state index is 13.8. The van der Waals surface area contributed by atoms with Crippen LogP contribution in [0.1, 0.15) is 31.7 Å². The second-order valence-electron chi connectivity index (χ2n) is 6.32. The minimum Gasteiger partial charge on any atom is -0.316 e. The Bertz CT molecular complexity index is 442. The average molecular weight is 265 g/mol. The summed E-state index contributed by atoms with van der Waals surface area (Å²) in [6.45, 7) is 3.87. The molecule has 0 amide bonds. The molecule has 2 fully saturated rings. The quantitative estimate of drug-likeness (QED) is 0.858. The van der Waals surface area contributed by atoms with Crippen molar-refractivity contribution in [3.05, 3.63) is 35.4 Å². The largest absolute Gasteiger partial charge is 0.316 e. The molecule has 1 aromatic rings. The molecule has 2 aliphatic carbocycles. The molecule has 2 atom stereocenters.